The van der Waals surface area contributed by atoms with Gasteiger partial charge in [0, 0.05) is 0 Å². The maximum atomic E-state index is 8.94. The van der Waals surface area contributed by atoms with Crippen LogP contribution in [0.1, 0.15) is 26.2 Å². The van der Waals surface area contributed by atoms with Gasteiger partial charge in [-0.2, -0.15) is 0 Å². The van der Waals surface area contributed by atoms with Crippen molar-refractivity contribution in [3.05, 3.63) is 0 Å². The van der Waals surface area contributed by atoms with E-state index >= 15 is 0 Å². The molecule has 0 aromatic carbocycles. The summed E-state index contributed by atoms with van der Waals surface area (Å²) in [5.41, 5.74) is 0.652. The third kappa shape index (κ3) is 0.408. The lowest BCUT2D eigenvalue weighted by Gasteiger charge is -2.32. The molecule has 1 heteroatoms. The summed E-state index contributed by atoms with van der Waals surface area (Å²) in [6.07, 6.45) is 3.62. The van der Waals surface area contributed by atoms with Gasteiger partial charge >= 0.3 is 0 Å². The lowest BCUT2D eigenvalue weighted by atomic mass is 9.77. The highest BCUT2D eigenvalue weighted by molar-refractivity contribution is 5.08. The van der Waals surface area contributed by atoms with Crippen molar-refractivity contribution in [3.8, 4) is 0 Å². The summed E-state index contributed by atoms with van der Waals surface area (Å²) in [4.78, 5) is 0. The fraction of sp³-hybridized carbons (Fsp3) is 1.00. The molecule has 1 unspecified atom stereocenters. The minimum atomic E-state index is 0.0555. The largest absolute Gasteiger partial charge is 0.393 e. The van der Waals surface area contributed by atoms with Gasteiger partial charge in [-0.1, -0.05) is 6.92 Å². The molecule has 2 aliphatic rings. The first-order valence-electron chi connectivity index (χ1n) is 3.41. The SMILES string of the molecule is CC1CC12CC(O)C2. The number of hydrogen-bond acceptors (Lipinski definition) is 1. The molecule has 0 heterocycles. The van der Waals surface area contributed by atoms with Crippen molar-refractivity contribution in [1.29, 1.82) is 0 Å². The van der Waals surface area contributed by atoms with E-state index in [2.05, 4.69) is 6.92 Å². The van der Waals surface area contributed by atoms with Gasteiger partial charge in [0.05, 0.1) is 6.10 Å². The second-order valence-corrected chi connectivity index (χ2v) is 3.53. The van der Waals surface area contributed by atoms with Gasteiger partial charge in [-0.05, 0) is 30.6 Å². The minimum absolute atomic E-state index is 0.0555. The van der Waals surface area contributed by atoms with Crippen molar-refractivity contribution in [2.24, 2.45) is 11.3 Å². The van der Waals surface area contributed by atoms with Crippen molar-refractivity contribution >= 4 is 0 Å². The van der Waals surface area contributed by atoms with Crippen LogP contribution in [0.15, 0.2) is 0 Å². The van der Waals surface area contributed by atoms with E-state index in [9.17, 15) is 0 Å². The molecular weight excluding hydrogens is 100 g/mol. The minimum Gasteiger partial charge on any atom is -0.393 e. The number of hydrogen-bond donors (Lipinski definition) is 1. The third-order valence-corrected chi connectivity index (χ3v) is 2.88. The molecule has 0 amide bonds. The van der Waals surface area contributed by atoms with E-state index in [1.165, 1.54) is 6.42 Å². The molecule has 2 rings (SSSR count). The van der Waals surface area contributed by atoms with Crippen LogP contribution in [-0.4, -0.2) is 11.2 Å². The van der Waals surface area contributed by atoms with Gasteiger partial charge in [0.25, 0.3) is 0 Å². The molecule has 46 valence electrons. The average Bonchev–Trinajstić information content (AvgIpc) is 2.13. The Balaban J connectivity index is 1.96. The molecule has 0 saturated heterocycles. The molecule has 1 spiro atoms. The Hall–Kier alpha value is -0.0400. The highest BCUT2D eigenvalue weighted by Gasteiger charge is 2.58. The summed E-state index contributed by atoms with van der Waals surface area (Å²) < 4.78 is 0. The van der Waals surface area contributed by atoms with Crippen molar-refractivity contribution in [3.63, 3.8) is 0 Å². The Morgan fingerprint density at radius 1 is 1.38 bits per heavy atom. The van der Waals surface area contributed by atoms with Crippen LogP contribution in [0.2, 0.25) is 0 Å². The van der Waals surface area contributed by atoms with E-state index in [-0.39, 0.29) is 6.10 Å². The van der Waals surface area contributed by atoms with Gasteiger partial charge in [0.1, 0.15) is 0 Å². The first-order valence-corrected chi connectivity index (χ1v) is 3.41. The fourth-order valence-electron chi connectivity index (χ4n) is 2.00. The molecule has 2 fully saturated rings. The predicted octanol–water partition coefficient (Wildman–Crippen LogP) is 1.17. The monoisotopic (exact) mass is 112 g/mol. The standard InChI is InChI=1S/C7H12O/c1-5-2-7(5)3-6(8)4-7/h5-6,8H,2-4H2,1H3. The zero-order valence-electron chi connectivity index (χ0n) is 5.22. The highest BCUT2D eigenvalue weighted by Crippen LogP contribution is 2.65. The summed E-state index contributed by atoms with van der Waals surface area (Å²) in [6, 6.07) is 0. The molecule has 0 aromatic rings. The zero-order chi connectivity index (χ0) is 5.78. The van der Waals surface area contributed by atoms with Crippen LogP contribution >= 0.6 is 0 Å². The maximum Gasteiger partial charge on any atom is 0.0551 e. The average molecular weight is 112 g/mol. The summed E-state index contributed by atoms with van der Waals surface area (Å²) in [5, 5.41) is 8.94. The van der Waals surface area contributed by atoms with Crippen LogP contribution in [0.3, 0.4) is 0 Å². The molecule has 0 bridgehead atoms. The first kappa shape index (κ1) is 4.80. The van der Waals surface area contributed by atoms with Crippen molar-refractivity contribution in [2.75, 3.05) is 0 Å². The van der Waals surface area contributed by atoms with Gasteiger partial charge in [0.15, 0.2) is 0 Å². The summed E-state index contributed by atoms with van der Waals surface area (Å²) >= 11 is 0. The quantitative estimate of drug-likeness (QED) is 0.498. The Labute approximate surface area is 49.7 Å². The molecule has 1 N–H and O–H groups in total. The Kier molecular flexibility index (Phi) is 0.663. The molecular formula is C7H12O. The molecule has 0 aromatic heterocycles. The van der Waals surface area contributed by atoms with Crippen LogP contribution in [0.4, 0.5) is 0 Å². The Morgan fingerprint density at radius 3 is 2.00 bits per heavy atom. The van der Waals surface area contributed by atoms with Gasteiger partial charge < -0.3 is 5.11 Å². The van der Waals surface area contributed by atoms with Gasteiger partial charge in [-0.3, -0.25) is 0 Å². The second kappa shape index (κ2) is 1.10. The molecule has 1 nitrogen and oxygen atoms in total. The summed E-state index contributed by atoms with van der Waals surface area (Å²) in [7, 11) is 0. The van der Waals surface area contributed by atoms with Crippen LogP contribution in [0, 0.1) is 11.3 Å². The van der Waals surface area contributed by atoms with Gasteiger partial charge in [-0.25, -0.2) is 0 Å². The predicted molar refractivity (Wildman–Crippen MR) is 31.5 cm³/mol. The lowest BCUT2D eigenvalue weighted by molar-refractivity contribution is 0.0216. The van der Waals surface area contributed by atoms with E-state index in [0.29, 0.717) is 5.41 Å². The van der Waals surface area contributed by atoms with Crippen LogP contribution in [-0.2, 0) is 0 Å². The molecule has 1 atom stereocenters. The van der Waals surface area contributed by atoms with Gasteiger partial charge in [-0.15, -0.1) is 0 Å². The fourth-order valence-corrected chi connectivity index (χ4v) is 2.00. The first-order chi connectivity index (χ1) is 3.73. The van der Waals surface area contributed by atoms with Gasteiger partial charge in [0.2, 0.25) is 0 Å². The molecule has 0 radical (unpaired) electrons. The van der Waals surface area contributed by atoms with Crippen LogP contribution < -0.4 is 0 Å². The topological polar surface area (TPSA) is 20.2 Å². The zero-order valence-corrected chi connectivity index (χ0v) is 5.22. The molecule has 0 aliphatic heterocycles. The van der Waals surface area contributed by atoms with E-state index in [0.717, 1.165) is 18.8 Å². The van der Waals surface area contributed by atoms with E-state index in [1.807, 2.05) is 0 Å². The summed E-state index contributed by atoms with van der Waals surface area (Å²) in [6.45, 7) is 2.28. The molecule has 2 saturated carbocycles. The van der Waals surface area contributed by atoms with Crippen molar-refractivity contribution < 1.29 is 5.11 Å². The second-order valence-electron chi connectivity index (χ2n) is 3.53. The number of aliphatic hydroxyl groups is 1. The van der Waals surface area contributed by atoms with Crippen molar-refractivity contribution in [2.45, 2.75) is 32.3 Å². The molecule has 8 heavy (non-hydrogen) atoms. The van der Waals surface area contributed by atoms with E-state index in [4.69, 9.17) is 5.11 Å². The maximum absolute atomic E-state index is 8.94. The Bertz CT molecular complexity index is 114. The number of rotatable bonds is 0. The van der Waals surface area contributed by atoms with E-state index in [1.54, 1.807) is 0 Å². The third-order valence-electron chi connectivity index (χ3n) is 2.88. The van der Waals surface area contributed by atoms with E-state index < -0.39 is 0 Å². The summed E-state index contributed by atoms with van der Waals surface area (Å²) in [5.74, 6) is 0.922. The number of aliphatic hydroxyl groups excluding tert-OH is 1. The van der Waals surface area contributed by atoms with Crippen molar-refractivity contribution in [1.82, 2.24) is 0 Å². The van der Waals surface area contributed by atoms with Crippen LogP contribution in [0.25, 0.3) is 0 Å². The highest BCUT2D eigenvalue weighted by atomic mass is 16.3. The normalized spacial score (nSPS) is 60.8. The lowest BCUT2D eigenvalue weighted by Crippen LogP contribution is -2.30. The Morgan fingerprint density at radius 2 is 1.88 bits per heavy atom. The molecule has 2 aliphatic carbocycles. The smallest absolute Gasteiger partial charge is 0.0551 e. The van der Waals surface area contributed by atoms with Crippen LogP contribution in [0.5, 0.6) is 0 Å².